The molecule has 4 nitrogen and oxygen atoms in total. The number of nitriles is 1. The summed E-state index contributed by atoms with van der Waals surface area (Å²) < 4.78 is 4.94. The average Bonchev–Trinajstić information content (AvgIpc) is 2.60. The number of rotatable bonds is 3. The van der Waals surface area contributed by atoms with Gasteiger partial charge in [0.05, 0.1) is 6.07 Å². The van der Waals surface area contributed by atoms with E-state index in [1.807, 2.05) is 6.07 Å². The standard InChI is InChI=1S/C9H9ClN2O2/c1-2-12(6-5-11)9(13)7-3-4-8(10)14-7/h3-4H,2,6H2,1H3. The second-order valence-corrected chi connectivity index (χ2v) is 2.95. The van der Waals surface area contributed by atoms with Crippen molar-refractivity contribution in [3.8, 4) is 6.07 Å². The largest absolute Gasteiger partial charge is 0.440 e. The third kappa shape index (κ3) is 2.27. The zero-order valence-electron chi connectivity index (χ0n) is 7.66. The Morgan fingerprint density at radius 3 is 2.86 bits per heavy atom. The Balaban J connectivity index is 2.78. The van der Waals surface area contributed by atoms with Crippen LogP contribution in [0.5, 0.6) is 0 Å². The molecule has 1 aromatic heterocycles. The van der Waals surface area contributed by atoms with Crippen molar-refractivity contribution in [2.24, 2.45) is 0 Å². The summed E-state index contributed by atoms with van der Waals surface area (Å²) in [4.78, 5) is 13.0. The summed E-state index contributed by atoms with van der Waals surface area (Å²) in [7, 11) is 0. The predicted octanol–water partition coefficient (Wildman–Crippen LogP) is 1.92. The molecule has 74 valence electrons. The van der Waals surface area contributed by atoms with Crippen molar-refractivity contribution in [2.45, 2.75) is 6.92 Å². The van der Waals surface area contributed by atoms with Crippen molar-refractivity contribution in [3.63, 3.8) is 0 Å². The zero-order valence-corrected chi connectivity index (χ0v) is 8.41. The maximum atomic E-state index is 11.6. The number of furan rings is 1. The van der Waals surface area contributed by atoms with Gasteiger partial charge in [0.1, 0.15) is 6.54 Å². The minimum absolute atomic E-state index is 0.0493. The molecule has 0 saturated heterocycles. The minimum Gasteiger partial charge on any atom is -0.440 e. The molecule has 0 unspecified atom stereocenters. The highest BCUT2D eigenvalue weighted by Gasteiger charge is 2.16. The van der Waals surface area contributed by atoms with E-state index in [0.717, 1.165) is 0 Å². The first-order valence-electron chi connectivity index (χ1n) is 4.10. The fourth-order valence-electron chi connectivity index (χ4n) is 0.998. The van der Waals surface area contributed by atoms with E-state index in [1.165, 1.54) is 17.0 Å². The molecule has 1 heterocycles. The van der Waals surface area contributed by atoms with E-state index >= 15 is 0 Å². The summed E-state index contributed by atoms with van der Waals surface area (Å²) in [5.74, 6) is -0.159. The number of carbonyl (C=O) groups excluding carboxylic acids is 1. The van der Waals surface area contributed by atoms with Gasteiger partial charge in [-0.2, -0.15) is 5.26 Å². The molecule has 0 radical (unpaired) electrons. The van der Waals surface area contributed by atoms with Crippen LogP contribution in [-0.2, 0) is 0 Å². The molecule has 14 heavy (non-hydrogen) atoms. The van der Waals surface area contributed by atoms with E-state index in [9.17, 15) is 4.79 Å². The van der Waals surface area contributed by atoms with Gasteiger partial charge in [-0.1, -0.05) is 0 Å². The number of hydrogen-bond donors (Lipinski definition) is 0. The molecule has 0 aromatic carbocycles. The second-order valence-electron chi connectivity index (χ2n) is 2.58. The molecule has 0 bridgehead atoms. The predicted molar refractivity (Wildman–Crippen MR) is 50.9 cm³/mol. The maximum Gasteiger partial charge on any atom is 0.290 e. The highest BCUT2D eigenvalue weighted by atomic mass is 35.5. The normalized spacial score (nSPS) is 9.50. The van der Waals surface area contributed by atoms with Crippen molar-refractivity contribution >= 4 is 17.5 Å². The molecule has 1 rings (SSSR count). The molecular formula is C9H9ClN2O2. The van der Waals surface area contributed by atoms with E-state index in [1.54, 1.807) is 6.92 Å². The molecule has 0 aliphatic carbocycles. The Labute approximate surface area is 86.7 Å². The lowest BCUT2D eigenvalue weighted by Crippen LogP contribution is -2.30. The second kappa shape index (κ2) is 4.68. The summed E-state index contributed by atoms with van der Waals surface area (Å²) in [6.45, 7) is 2.30. The summed E-state index contributed by atoms with van der Waals surface area (Å²) in [5, 5.41) is 8.64. The molecule has 0 atom stereocenters. The van der Waals surface area contributed by atoms with Crippen LogP contribution in [0.15, 0.2) is 16.5 Å². The summed E-state index contributed by atoms with van der Waals surface area (Å²) in [5.41, 5.74) is 0. The number of hydrogen-bond acceptors (Lipinski definition) is 3. The van der Waals surface area contributed by atoms with Gasteiger partial charge in [-0.25, -0.2) is 0 Å². The molecule has 0 spiro atoms. The molecular weight excluding hydrogens is 204 g/mol. The minimum atomic E-state index is -0.319. The molecule has 0 aliphatic rings. The average molecular weight is 213 g/mol. The molecule has 0 N–H and O–H groups in total. The molecule has 0 fully saturated rings. The highest BCUT2D eigenvalue weighted by molar-refractivity contribution is 6.29. The van der Waals surface area contributed by atoms with Crippen LogP contribution in [0.3, 0.4) is 0 Å². The zero-order chi connectivity index (χ0) is 10.6. The SMILES string of the molecule is CCN(CC#N)C(=O)c1ccc(Cl)o1. The van der Waals surface area contributed by atoms with Gasteiger partial charge in [-0.15, -0.1) is 0 Å². The van der Waals surface area contributed by atoms with E-state index in [0.29, 0.717) is 6.54 Å². The monoisotopic (exact) mass is 212 g/mol. The van der Waals surface area contributed by atoms with Crippen LogP contribution in [0.2, 0.25) is 5.22 Å². The van der Waals surface area contributed by atoms with Gasteiger partial charge < -0.3 is 9.32 Å². The van der Waals surface area contributed by atoms with E-state index in [2.05, 4.69) is 0 Å². The van der Waals surface area contributed by atoms with Gasteiger partial charge in [0.25, 0.3) is 5.91 Å². The van der Waals surface area contributed by atoms with Crippen LogP contribution < -0.4 is 0 Å². The number of nitrogens with zero attached hydrogens (tertiary/aromatic N) is 2. The molecule has 5 heteroatoms. The fourth-order valence-corrected chi connectivity index (χ4v) is 1.14. The van der Waals surface area contributed by atoms with E-state index in [4.69, 9.17) is 21.3 Å². The smallest absolute Gasteiger partial charge is 0.290 e. The van der Waals surface area contributed by atoms with Gasteiger partial charge in [0.15, 0.2) is 11.0 Å². The Morgan fingerprint density at radius 1 is 1.71 bits per heavy atom. The molecule has 1 amide bonds. The summed E-state index contributed by atoms with van der Waals surface area (Å²) in [6.07, 6.45) is 0. The third-order valence-corrected chi connectivity index (χ3v) is 1.92. The van der Waals surface area contributed by atoms with Crippen LogP contribution in [0, 0.1) is 11.3 Å². The number of carbonyl (C=O) groups is 1. The summed E-state index contributed by atoms with van der Waals surface area (Å²) >= 11 is 5.53. The Bertz CT molecular complexity index is 367. The molecule has 1 aromatic rings. The maximum absolute atomic E-state index is 11.6. The van der Waals surface area contributed by atoms with Crippen LogP contribution >= 0.6 is 11.6 Å². The van der Waals surface area contributed by atoms with E-state index < -0.39 is 0 Å². The Kier molecular flexibility index (Phi) is 3.55. The lowest BCUT2D eigenvalue weighted by atomic mass is 10.3. The van der Waals surface area contributed by atoms with Crippen molar-refractivity contribution < 1.29 is 9.21 Å². The van der Waals surface area contributed by atoms with Gasteiger partial charge in [0.2, 0.25) is 0 Å². The van der Waals surface area contributed by atoms with Crippen LogP contribution in [0.25, 0.3) is 0 Å². The van der Waals surface area contributed by atoms with Crippen molar-refractivity contribution in [3.05, 3.63) is 23.1 Å². The topological polar surface area (TPSA) is 57.2 Å². The number of halogens is 1. The quantitative estimate of drug-likeness (QED) is 0.720. The number of amides is 1. The van der Waals surface area contributed by atoms with Crippen LogP contribution in [0.4, 0.5) is 0 Å². The van der Waals surface area contributed by atoms with Gasteiger partial charge in [-0.05, 0) is 30.7 Å². The summed E-state index contributed by atoms with van der Waals surface area (Å²) in [6, 6.07) is 4.89. The lowest BCUT2D eigenvalue weighted by molar-refractivity contribution is 0.0752. The third-order valence-electron chi connectivity index (χ3n) is 1.71. The Hall–Kier alpha value is -1.47. The fraction of sp³-hybridized carbons (Fsp3) is 0.333. The molecule has 0 aliphatic heterocycles. The van der Waals surface area contributed by atoms with Crippen LogP contribution in [-0.4, -0.2) is 23.9 Å². The lowest BCUT2D eigenvalue weighted by Gasteiger charge is -2.14. The highest BCUT2D eigenvalue weighted by Crippen LogP contribution is 2.14. The van der Waals surface area contributed by atoms with Gasteiger partial charge in [0, 0.05) is 6.54 Å². The molecule has 0 saturated carbocycles. The first-order valence-corrected chi connectivity index (χ1v) is 4.48. The first-order chi connectivity index (χ1) is 6.69. The van der Waals surface area contributed by atoms with Crippen molar-refractivity contribution in [2.75, 3.05) is 13.1 Å². The van der Waals surface area contributed by atoms with Crippen molar-refractivity contribution in [1.82, 2.24) is 4.90 Å². The van der Waals surface area contributed by atoms with Crippen molar-refractivity contribution in [1.29, 1.82) is 5.26 Å². The van der Waals surface area contributed by atoms with Gasteiger partial charge in [-0.3, -0.25) is 4.79 Å². The van der Waals surface area contributed by atoms with Crippen LogP contribution in [0.1, 0.15) is 17.5 Å². The first kappa shape index (κ1) is 10.6. The Morgan fingerprint density at radius 2 is 2.43 bits per heavy atom. The van der Waals surface area contributed by atoms with Gasteiger partial charge >= 0.3 is 0 Å². The van der Waals surface area contributed by atoms with E-state index in [-0.39, 0.29) is 23.4 Å².